The molecule has 1 amide bonds. The van der Waals surface area contributed by atoms with Crippen LogP contribution in [0.4, 0.5) is 5.69 Å². The number of rotatable bonds is 8. The Labute approximate surface area is 199 Å². The van der Waals surface area contributed by atoms with Gasteiger partial charge in [0.1, 0.15) is 6.04 Å². The van der Waals surface area contributed by atoms with Gasteiger partial charge in [-0.25, -0.2) is 4.79 Å². The second-order valence-electron chi connectivity index (χ2n) is 7.82. The normalized spacial score (nSPS) is 11.5. The first-order valence-electron chi connectivity index (χ1n) is 11.1. The molecule has 0 aliphatic rings. The monoisotopic (exact) mass is 450 g/mol. The number of methoxy groups -OCH3 is 1. The van der Waals surface area contributed by atoms with Gasteiger partial charge in [0.05, 0.1) is 18.7 Å². The van der Waals surface area contributed by atoms with Gasteiger partial charge in [-0.3, -0.25) is 4.79 Å². The van der Waals surface area contributed by atoms with Gasteiger partial charge in [0.15, 0.2) is 0 Å². The maximum absolute atomic E-state index is 13.7. The summed E-state index contributed by atoms with van der Waals surface area (Å²) >= 11 is 0. The van der Waals surface area contributed by atoms with Crippen molar-refractivity contribution in [2.45, 2.75) is 12.1 Å². The second-order valence-corrected chi connectivity index (χ2v) is 7.82. The summed E-state index contributed by atoms with van der Waals surface area (Å²) in [6, 6.07) is 35.3. The Kier molecular flexibility index (Phi) is 7.35. The zero-order valence-electron chi connectivity index (χ0n) is 18.8. The molecule has 2 N–H and O–H groups in total. The van der Waals surface area contributed by atoms with E-state index in [1.807, 2.05) is 91.0 Å². The lowest BCUT2D eigenvalue weighted by molar-refractivity contribution is -0.122. The molecule has 4 rings (SSSR count). The summed E-state index contributed by atoms with van der Waals surface area (Å²) in [6.45, 7) is 0. The fourth-order valence-electron chi connectivity index (χ4n) is 3.81. The SMILES string of the molecule is COC(=O)c1ccc(NC(C(=O)NC(c2ccccc2)c2ccccc2)c2ccccc2)cc1. The van der Waals surface area contributed by atoms with Crippen molar-refractivity contribution < 1.29 is 14.3 Å². The molecule has 0 heterocycles. The van der Waals surface area contributed by atoms with E-state index >= 15 is 0 Å². The van der Waals surface area contributed by atoms with Gasteiger partial charge in [-0.05, 0) is 41.0 Å². The molecule has 0 bridgehead atoms. The molecule has 1 unspecified atom stereocenters. The largest absolute Gasteiger partial charge is 0.465 e. The minimum absolute atomic E-state index is 0.166. The number of hydrogen-bond donors (Lipinski definition) is 2. The number of esters is 1. The Morgan fingerprint density at radius 3 is 1.59 bits per heavy atom. The quantitative estimate of drug-likeness (QED) is 0.346. The van der Waals surface area contributed by atoms with Crippen LogP contribution in [0, 0.1) is 0 Å². The van der Waals surface area contributed by atoms with Crippen LogP contribution >= 0.6 is 0 Å². The van der Waals surface area contributed by atoms with E-state index in [0.29, 0.717) is 11.3 Å². The summed E-state index contributed by atoms with van der Waals surface area (Å²) in [4.78, 5) is 25.4. The highest BCUT2D eigenvalue weighted by Gasteiger charge is 2.25. The minimum atomic E-state index is -0.639. The van der Waals surface area contributed by atoms with Gasteiger partial charge in [0.2, 0.25) is 5.91 Å². The minimum Gasteiger partial charge on any atom is -0.465 e. The molecule has 5 heteroatoms. The first-order valence-corrected chi connectivity index (χ1v) is 11.1. The molecule has 170 valence electrons. The number of ether oxygens (including phenoxy) is 1. The molecule has 0 aromatic heterocycles. The van der Waals surface area contributed by atoms with Crippen molar-refractivity contribution in [3.63, 3.8) is 0 Å². The Balaban J connectivity index is 1.63. The van der Waals surface area contributed by atoms with Crippen LogP contribution in [-0.4, -0.2) is 19.0 Å². The Morgan fingerprint density at radius 2 is 1.12 bits per heavy atom. The van der Waals surface area contributed by atoms with Crippen LogP contribution < -0.4 is 10.6 Å². The number of benzene rings is 4. The van der Waals surface area contributed by atoms with Gasteiger partial charge in [-0.2, -0.15) is 0 Å². The molecule has 5 nitrogen and oxygen atoms in total. The van der Waals surface area contributed by atoms with Gasteiger partial charge in [-0.15, -0.1) is 0 Å². The van der Waals surface area contributed by atoms with Crippen LogP contribution in [0.5, 0.6) is 0 Å². The lowest BCUT2D eigenvalue weighted by Gasteiger charge is -2.25. The van der Waals surface area contributed by atoms with Gasteiger partial charge in [0, 0.05) is 5.69 Å². The van der Waals surface area contributed by atoms with E-state index in [1.165, 1.54) is 7.11 Å². The topological polar surface area (TPSA) is 67.4 Å². The van der Waals surface area contributed by atoms with Gasteiger partial charge >= 0.3 is 5.97 Å². The number of nitrogens with one attached hydrogen (secondary N) is 2. The summed E-state index contributed by atoms with van der Waals surface area (Å²) < 4.78 is 4.77. The zero-order chi connectivity index (χ0) is 23.8. The van der Waals surface area contributed by atoms with E-state index in [4.69, 9.17) is 4.74 Å². The fraction of sp³-hybridized carbons (Fsp3) is 0.103. The molecular formula is C29H26N2O3. The smallest absolute Gasteiger partial charge is 0.337 e. The summed E-state index contributed by atoms with van der Waals surface area (Å²) in [5.41, 5.74) is 3.99. The summed E-state index contributed by atoms with van der Waals surface area (Å²) in [5, 5.41) is 6.55. The van der Waals surface area contributed by atoms with Crippen molar-refractivity contribution in [3.8, 4) is 0 Å². The number of carbonyl (C=O) groups is 2. The number of hydrogen-bond acceptors (Lipinski definition) is 4. The van der Waals surface area contributed by atoms with Crippen molar-refractivity contribution in [2.24, 2.45) is 0 Å². The molecule has 4 aromatic rings. The van der Waals surface area contributed by atoms with Crippen LogP contribution in [0.2, 0.25) is 0 Å². The first kappa shape index (κ1) is 22.8. The van der Waals surface area contributed by atoms with E-state index in [0.717, 1.165) is 16.7 Å². The molecule has 0 aliphatic carbocycles. The molecule has 4 aromatic carbocycles. The third-order valence-electron chi connectivity index (χ3n) is 5.56. The zero-order valence-corrected chi connectivity index (χ0v) is 18.8. The molecule has 0 saturated heterocycles. The maximum Gasteiger partial charge on any atom is 0.337 e. The van der Waals surface area contributed by atoms with E-state index in [1.54, 1.807) is 24.3 Å². The summed E-state index contributed by atoms with van der Waals surface area (Å²) in [6.07, 6.45) is 0. The van der Waals surface area contributed by atoms with E-state index in [2.05, 4.69) is 10.6 Å². The van der Waals surface area contributed by atoms with Gasteiger partial charge < -0.3 is 15.4 Å². The van der Waals surface area contributed by atoms with Crippen LogP contribution in [0.15, 0.2) is 115 Å². The van der Waals surface area contributed by atoms with Crippen molar-refractivity contribution in [1.82, 2.24) is 5.32 Å². The number of carbonyl (C=O) groups excluding carboxylic acids is 2. The van der Waals surface area contributed by atoms with E-state index < -0.39 is 12.0 Å². The van der Waals surface area contributed by atoms with Gasteiger partial charge in [0.25, 0.3) is 0 Å². The average Bonchev–Trinajstić information content (AvgIpc) is 2.91. The Morgan fingerprint density at radius 1 is 0.647 bits per heavy atom. The highest BCUT2D eigenvalue weighted by atomic mass is 16.5. The molecule has 0 spiro atoms. The molecule has 0 saturated carbocycles. The van der Waals surface area contributed by atoms with Crippen LogP contribution in [-0.2, 0) is 9.53 Å². The third kappa shape index (κ3) is 5.51. The van der Waals surface area contributed by atoms with E-state index in [-0.39, 0.29) is 11.9 Å². The molecular weight excluding hydrogens is 424 g/mol. The Bertz CT molecular complexity index is 1170. The lowest BCUT2D eigenvalue weighted by Crippen LogP contribution is -2.36. The molecule has 34 heavy (non-hydrogen) atoms. The number of anilines is 1. The lowest BCUT2D eigenvalue weighted by atomic mass is 9.97. The third-order valence-corrected chi connectivity index (χ3v) is 5.56. The van der Waals surface area contributed by atoms with Crippen molar-refractivity contribution in [3.05, 3.63) is 138 Å². The van der Waals surface area contributed by atoms with Crippen molar-refractivity contribution in [2.75, 3.05) is 12.4 Å². The summed E-state index contributed by atoms with van der Waals surface area (Å²) in [5.74, 6) is -0.571. The molecule has 1 atom stereocenters. The van der Waals surface area contributed by atoms with Crippen molar-refractivity contribution >= 4 is 17.6 Å². The summed E-state index contributed by atoms with van der Waals surface area (Å²) in [7, 11) is 1.35. The second kappa shape index (κ2) is 11.0. The molecule has 0 aliphatic heterocycles. The van der Waals surface area contributed by atoms with Crippen LogP contribution in [0.1, 0.15) is 39.1 Å². The highest BCUT2D eigenvalue weighted by molar-refractivity contribution is 5.90. The fourth-order valence-corrected chi connectivity index (χ4v) is 3.81. The van der Waals surface area contributed by atoms with Crippen molar-refractivity contribution in [1.29, 1.82) is 0 Å². The van der Waals surface area contributed by atoms with Gasteiger partial charge in [-0.1, -0.05) is 91.0 Å². The number of amides is 1. The Hall–Kier alpha value is -4.38. The van der Waals surface area contributed by atoms with Crippen LogP contribution in [0.25, 0.3) is 0 Å². The highest BCUT2D eigenvalue weighted by Crippen LogP contribution is 2.25. The predicted molar refractivity (Wildman–Crippen MR) is 133 cm³/mol. The predicted octanol–water partition coefficient (Wildman–Crippen LogP) is 5.53. The van der Waals surface area contributed by atoms with Crippen LogP contribution in [0.3, 0.4) is 0 Å². The average molecular weight is 451 g/mol. The molecule has 0 fully saturated rings. The van der Waals surface area contributed by atoms with E-state index in [9.17, 15) is 9.59 Å². The maximum atomic E-state index is 13.7. The standard InChI is InChI=1S/C29H26N2O3/c1-34-29(33)24-17-19-25(20-18-24)30-27(23-15-9-4-10-16-23)28(32)31-26(21-11-5-2-6-12-21)22-13-7-3-8-14-22/h2-20,26-27,30H,1H3,(H,31,32). The molecule has 0 radical (unpaired) electrons. The first-order chi connectivity index (χ1) is 16.7.